The summed E-state index contributed by atoms with van der Waals surface area (Å²) in [4.78, 5) is 14.9. The molecule has 1 amide bonds. The van der Waals surface area contributed by atoms with E-state index in [1.54, 1.807) is 36.4 Å². The van der Waals surface area contributed by atoms with Gasteiger partial charge in [-0.2, -0.15) is 0 Å². The average molecular weight is 556 g/mol. The highest BCUT2D eigenvalue weighted by Crippen LogP contribution is 2.33. The van der Waals surface area contributed by atoms with Gasteiger partial charge in [-0.05, 0) is 85.7 Å². The third-order valence-electron chi connectivity index (χ3n) is 6.58. The van der Waals surface area contributed by atoms with Crippen LogP contribution in [0.1, 0.15) is 50.2 Å². The van der Waals surface area contributed by atoms with Crippen LogP contribution in [0.25, 0.3) is 0 Å². The molecule has 202 valence electrons. The van der Waals surface area contributed by atoms with Crippen molar-refractivity contribution in [2.75, 3.05) is 34.6 Å². The monoisotopic (exact) mass is 555 g/mol. The second-order valence-electron chi connectivity index (χ2n) is 9.83. The van der Waals surface area contributed by atoms with E-state index in [1.807, 2.05) is 25.1 Å². The molecule has 9 heteroatoms. The summed E-state index contributed by atoms with van der Waals surface area (Å²) in [5, 5.41) is 3.07. The first-order chi connectivity index (χ1) is 18.1. The Kier molecular flexibility index (Phi) is 8.84. The largest absolute Gasteiger partial charge is 0.484 e. The van der Waals surface area contributed by atoms with E-state index in [1.165, 1.54) is 11.6 Å². The number of para-hydroxylation sites is 1. The first-order valence-electron chi connectivity index (χ1n) is 12.8. The zero-order chi connectivity index (χ0) is 27.3. The summed E-state index contributed by atoms with van der Waals surface area (Å²) < 4.78 is 35.4. The molecule has 3 aromatic carbocycles. The van der Waals surface area contributed by atoms with E-state index in [4.69, 9.17) is 16.3 Å². The lowest BCUT2D eigenvalue weighted by Crippen LogP contribution is -2.31. The molecule has 7 nitrogen and oxygen atoms in total. The topological polar surface area (TPSA) is 87.7 Å². The highest BCUT2D eigenvalue weighted by molar-refractivity contribution is 7.93. The number of nitrogens with zero attached hydrogens (tertiary/aromatic N) is 1. The maximum Gasteiger partial charge on any atom is 0.264 e. The van der Waals surface area contributed by atoms with Gasteiger partial charge in [-0.3, -0.25) is 9.52 Å². The van der Waals surface area contributed by atoms with Crippen LogP contribution in [0.5, 0.6) is 5.75 Å². The molecule has 0 aromatic heterocycles. The van der Waals surface area contributed by atoms with Crippen molar-refractivity contribution in [3.8, 4) is 5.75 Å². The minimum Gasteiger partial charge on any atom is -0.484 e. The van der Waals surface area contributed by atoms with Crippen LogP contribution in [-0.4, -0.2) is 34.0 Å². The SMILES string of the molecule is Cc1cc(OCC(=O)Nc2ccc(N3CCCCC3)c(S(=O)(=O)Nc3ccccc3Cl)c2)ccc1C(C)C. The van der Waals surface area contributed by atoms with Crippen molar-refractivity contribution >= 4 is 44.6 Å². The highest BCUT2D eigenvalue weighted by atomic mass is 35.5. The second-order valence-corrected chi connectivity index (χ2v) is 11.9. The number of amides is 1. The van der Waals surface area contributed by atoms with Gasteiger partial charge in [-0.15, -0.1) is 0 Å². The lowest BCUT2D eigenvalue weighted by molar-refractivity contribution is -0.118. The molecule has 0 saturated carbocycles. The number of carbonyl (C=O) groups is 1. The number of carbonyl (C=O) groups excluding carboxylic acids is 1. The van der Waals surface area contributed by atoms with E-state index in [2.05, 4.69) is 28.8 Å². The van der Waals surface area contributed by atoms with Gasteiger partial charge in [0.1, 0.15) is 10.6 Å². The van der Waals surface area contributed by atoms with Crippen LogP contribution in [0.2, 0.25) is 5.02 Å². The molecule has 0 spiro atoms. The van der Waals surface area contributed by atoms with Crippen molar-refractivity contribution < 1.29 is 17.9 Å². The average Bonchev–Trinajstić information content (AvgIpc) is 2.89. The molecule has 0 unspecified atom stereocenters. The van der Waals surface area contributed by atoms with E-state index in [-0.39, 0.29) is 17.4 Å². The summed E-state index contributed by atoms with van der Waals surface area (Å²) in [6.07, 6.45) is 3.10. The van der Waals surface area contributed by atoms with Gasteiger partial charge in [0.25, 0.3) is 15.9 Å². The van der Waals surface area contributed by atoms with Crippen molar-refractivity contribution in [3.05, 3.63) is 76.8 Å². The molecule has 4 rings (SSSR count). The van der Waals surface area contributed by atoms with Gasteiger partial charge in [-0.25, -0.2) is 8.42 Å². The van der Waals surface area contributed by atoms with Gasteiger partial charge in [0.15, 0.2) is 6.61 Å². The number of nitrogens with one attached hydrogen (secondary N) is 2. The van der Waals surface area contributed by atoms with Crippen LogP contribution in [0.3, 0.4) is 0 Å². The number of sulfonamides is 1. The maximum absolute atomic E-state index is 13.5. The summed E-state index contributed by atoms with van der Waals surface area (Å²) in [7, 11) is -4.00. The number of halogens is 1. The normalized spacial score (nSPS) is 13.9. The molecule has 0 radical (unpaired) electrons. The Morgan fingerprint density at radius 1 is 1.03 bits per heavy atom. The molecule has 1 aliphatic heterocycles. The fourth-order valence-electron chi connectivity index (χ4n) is 4.68. The summed E-state index contributed by atoms with van der Waals surface area (Å²) in [6, 6.07) is 17.4. The Hall–Kier alpha value is -3.23. The Balaban J connectivity index is 1.54. The lowest BCUT2D eigenvalue weighted by Gasteiger charge is -2.30. The number of aryl methyl sites for hydroxylation is 1. The highest BCUT2D eigenvalue weighted by Gasteiger charge is 2.25. The van der Waals surface area contributed by atoms with Gasteiger partial charge < -0.3 is 15.0 Å². The zero-order valence-electron chi connectivity index (χ0n) is 22.0. The standard InChI is InChI=1S/C29H34ClN3O4S/c1-20(2)24-13-12-23(17-21(24)3)37-19-29(34)31-22-11-14-27(33-15-7-4-8-16-33)28(18-22)38(35,36)32-26-10-6-5-9-25(26)30/h5-6,9-14,17-18,20,32H,4,7-8,15-16,19H2,1-3H3,(H,31,34). The number of ether oxygens (including phenoxy) is 1. The predicted molar refractivity (Wildman–Crippen MR) is 154 cm³/mol. The molecular weight excluding hydrogens is 522 g/mol. The summed E-state index contributed by atoms with van der Waals surface area (Å²) in [5.41, 5.74) is 3.59. The summed E-state index contributed by atoms with van der Waals surface area (Å²) in [5.74, 6) is 0.622. The first-order valence-corrected chi connectivity index (χ1v) is 14.7. The molecule has 0 bridgehead atoms. The number of hydrogen-bond donors (Lipinski definition) is 2. The second kappa shape index (κ2) is 12.1. The fraction of sp³-hybridized carbons (Fsp3) is 0.345. The van der Waals surface area contributed by atoms with Crippen LogP contribution in [0.4, 0.5) is 17.1 Å². The van der Waals surface area contributed by atoms with E-state index in [0.717, 1.165) is 37.9 Å². The Morgan fingerprint density at radius 3 is 2.45 bits per heavy atom. The van der Waals surface area contributed by atoms with Gasteiger partial charge in [0, 0.05) is 18.8 Å². The lowest BCUT2D eigenvalue weighted by atomic mass is 9.98. The van der Waals surface area contributed by atoms with Crippen LogP contribution in [-0.2, 0) is 14.8 Å². The molecule has 1 aliphatic rings. The summed E-state index contributed by atoms with van der Waals surface area (Å²) in [6.45, 7) is 7.61. The molecule has 0 atom stereocenters. The van der Waals surface area contributed by atoms with Gasteiger partial charge in [0.2, 0.25) is 0 Å². The summed E-state index contributed by atoms with van der Waals surface area (Å²) >= 11 is 6.22. The molecule has 0 aliphatic carbocycles. The van der Waals surface area contributed by atoms with Crippen LogP contribution in [0, 0.1) is 6.92 Å². The van der Waals surface area contributed by atoms with Crippen LogP contribution < -0.4 is 19.7 Å². The molecule has 38 heavy (non-hydrogen) atoms. The Morgan fingerprint density at radius 2 is 1.76 bits per heavy atom. The van der Waals surface area contributed by atoms with Crippen molar-refractivity contribution in [3.63, 3.8) is 0 Å². The molecule has 1 fully saturated rings. The van der Waals surface area contributed by atoms with Gasteiger partial charge in [-0.1, -0.05) is 43.6 Å². The number of hydrogen-bond acceptors (Lipinski definition) is 5. The van der Waals surface area contributed by atoms with Gasteiger partial charge in [0.05, 0.1) is 16.4 Å². The number of rotatable bonds is 9. The predicted octanol–water partition coefficient (Wildman–Crippen LogP) is 6.58. The van der Waals surface area contributed by atoms with Crippen LogP contribution >= 0.6 is 11.6 Å². The number of anilines is 3. The fourth-order valence-corrected chi connectivity index (χ4v) is 6.25. The number of benzene rings is 3. The smallest absolute Gasteiger partial charge is 0.264 e. The quantitative estimate of drug-likeness (QED) is 0.311. The maximum atomic E-state index is 13.5. The minimum atomic E-state index is -4.00. The molecular formula is C29H34ClN3O4S. The third-order valence-corrected chi connectivity index (χ3v) is 8.31. The minimum absolute atomic E-state index is 0.0814. The van der Waals surface area contributed by atoms with Crippen molar-refractivity contribution in [1.29, 1.82) is 0 Å². The number of piperidine rings is 1. The van der Waals surface area contributed by atoms with E-state index >= 15 is 0 Å². The van der Waals surface area contributed by atoms with Gasteiger partial charge >= 0.3 is 0 Å². The third kappa shape index (κ3) is 6.79. The molecule has 3 aromatic rings. The Bertz CT molecular complexity index is 1400. The van der Waals surface area contributed by atoms with Crippen molar-refractivity contribution in [2.45, 2.75) is 50.8 Å². The van der Waals surface area contributed by atoms with E-state index in [9.17, 15) is 13.2 Å². The van der Waals surface area contributed by atoms with Crippen LogP contribution in [0.15, 0.2) is 65.6 Å². The molecule has 2 N–H and O–H groups in total. The van der Waals surface area contributed by atoms with E-state index in [0.29, 0.717) is 33.8 Å². The van der Waals surface area contributed by atoms with Crippen molar-refractivity contribution in [1.82, 2.24) is 0 Å². The molecule has 1 heterocycles. The van der Waals surface area contributed by atoms with E-state index < -0.39 is 10.0 Å². The molecule has 1 saturated heterocycles. The van der Waals surface area contributed by atoms with Crippen molar-refractivity contribution in [2.24, 2.45) is 0 Å². The first kappa shape index (κ1) is 27.8. The Labute approximate surface area is 230 Å². The zero-order valence-corrected chi connectivity index (χ0v) is 23.5.